The van der Waals surface area contributed by atoms with Crippen LogP contribution in [0.2, 0.25) is 0 Å². The molecule has 0 fully saturated rings. The quantitative estimate of drug-likeness (QED) is 0.743. The number of ether oxygens (including phenoxy) is 3. The van der Waals surface area contributed by atoms with E-state index in [0.29, 0.717) is 5.69 Å². The summed E-state index contributed by atoms with van der Waals surface area (Å²) in [4.78, 5) is 24.0. The number of benzene rings is 2. The van der Waals surface area contributed by atoms with E-state index < -0.39 is 25.1 Å². The van der Waals surface area contributed by atoms with Crippen LogP contribution in [0.15, 0.2) is 36.4 Å². The van der Waals surface area contributed by atoms with Gasteiger partial charge in [-0.1, -0.05) is 17.7 Å². The number of aryl methyl sites for hydroxylation is 2. The van der Waals surface area contributed by atoms with Crippen molar-refractivity contribution in [3.63, 3.8) is 0 Å². The molecule has 8 heteroatoms. The Hall–Kier alpha value is -3.16. The summed E-state index contributed by atoms with van der Waals surface area (Å²) in [5.74, 6) is -1.56. The number of anilines is 1. The number of carbonyl (C=O) groups excluding carboxylic acids is 2. The number of hydrogen-bond acceptors (Lipinski definition) is 5. The first-order valence-electron chi connectivity index (χ1n) is 7.97. The summed E-state index contributed by atoms with van der Waals surface area (Å²) in [6.45, 7) is 0.269. The van der Waals surface area contributed by atoms with E-state index in [2.05, 4.69) is 10.1 Å². The number of alkyl halides is 2. The van der Waals surface area contributed by atoms with Gasteiger partial charge in [0.15, 0.2) is 18.1 Å². The maximum atomic E-state index is 12.3. The molecule has 1 N–H and O–H groups in total. The summed E-state index contributed by atoms with van der Waals surface area (Å²) >= 11 is 0. The van der Waals surface area contributed by atoms with Crippen LogP contribution in [-0.2, 0) is 9.53 Å². The monoisotopic (exact) mass is 379 g/mol. The maximum absolute atomic E-state index is 12.3. The van der Waals surface area contributed by atoms with Crippen molar-refractivity contribution >= 4 is 17.6 Å². The molecule has 0 spiro atoms. The van der Waals surface area contributed by atoms with Crippen LogP contribution in [0.5, 0.6) is 11.5 Å². The lowest BCUT2D eigenvalue weighted by molar-refractivity contribution is -0.119. The van der Waals surface area contributed by atoms with E-state index in [1.807, 2.05) is 26.0 Å². The van der Waals surface area contributed by atoms with Gasteiger partial charge in [-0.15, -0.1) is 0 Å². The Kier molecular flexibility index (Phi) is 6.70. The molecule has 6 nitrogen and oxygen atoms in total. The highest BCUT2D eigenvalue weighted by molar-refractivity contribution is 5.96. The van der Waals surface area contributed by atoms with Crippen LogP contribution in [-0.4, -0.2) is 32.2 Å². The maximum Gasteiger partial charge on any atom is 0.387 e. The van der Waals surface area contributed by atoms with Gasteiger partial charge < -0.3 is 19.5 Å². The van der Waals surface area contributed by atoms with Gasteiger partial charge in [0.05, 0.1) is 12.7 Å². The SMILES string of the molecule is COc1cc(C(=O)OCC(=O)Nc2ccc(C)cc2C)ccc1OC(F)F. The minimum Gasteiger partial charge on any atom is -0.493 e. The molecule has 0 bridgehead atoms. The third-order valence-corrected chi connectivity index (χ3v) is 3.61. The molecule has 0 saturated heterocycles. The molecule has 2 aromatic rings. The van der Waals surface area contributed by atoms with Crippen molar-refractivity contribution in [2.24, 2.45) is 0 Å². The third-order valence-electron chi connectivity index (χ3n) is 3.61. The molecule has 0 heterocycles. The predicted molar refractivity (Wildman–Crippen MR) is 94.5 cm³/mol. The lowest BCUT2D eigenvalue weighted by Gasteiger charge is -2.12. The van der Waals surface area contributed by atoms with Gasteiger partial charge in [0.2, 0.25) is 0 Å². The summed E-state index contributed by atoms with van der Waals surface area (Å²) in [5.41, 5.74) is 2.60. The second-order valence-corrected chi connectivity index (χ2v) is 5.69. The minimum atomic E-state index is -3.02. The number of halogens is 2. The summed E-state index contributed by atoms with van der Waals surface area (Å²) < 4.78 is 38.8. The van der Waals surface area contributed by atoms with Crippen LogP contribution in [0.1, 0.15) is 21.5 Å². The number of esters is 1. The molecule has 0 aliphatic rings. The van der Waals surface area contributed by atoms with Gasteiger partial charge in [-0.3, -0.25) is 4.79 Å². The first-order valence-corrected chi connectivity index (χ1v) is 7.97. The van der Waals surface area contributed by atoms with Gasteiger partial charge in [0.25, 0.3) is 5.91 Å². The van der Waals surface area contributed by atoms with Crippen LogP contribution >= 0.6 is 0 Å². The first kappa shape index (κ1) is 20.2. The van der Waals surface area contributed by atoms with E-state index >= 15 is 0 Å². The molecule has 2 aromatic carbocycles. The van der Waals surface area contributed by atoms with Gasteiger partial charge in [-0.25, -0.2) is 4.79 Å². The molecule has 1 amide bonds. The smallest absolute Gasteiger partial charge is 0.387 e. The van der Waals surface area contributed by atoms with Crippen molar-refractivity contribution in [1.29, 1.82) is 0 Å². The molecule has 0 aromatic heterocycles. The molecule has 27 heavy (non-hydrogen) atoms. The van der Waals surface area contributed by atoms with Crippen molar-refractivity contribution in [1.82, 2.24) is 0 Å². The number of amides is 1. The highest BCUT2D eigenvalue weighted by atomic mass is 19.3. The summed E-state index contributed by atoms with van der Waals surface area (Å²) in [6.07, 6.45) is 0. The summed E-state index contributed by atoms with van der Waals surface area (Å²) in [6, 6.07) is 9.13. The fourth-order valence-electron chi connectivity index (χ4n) is 2.34. The zero-order valence-electron chi connectivity index (χ0n) is 15.0. The van der Waals surface area contributed by atoms with Gasteiger partial charge in [-0.05, 0) is 43.7 Å². The summed E-state index contributed by atoms with van der Waals surface area (Å²) in [7, 11) is 1.25. The fraction of sp³-hybridized carbons (Fsp3) is 0.263. The first-order chi connectivity index (χ1) is 12.8. The normalized spacial score (nSPS) is 10.4. The van der Waals surface area contributed by atoms with Crippen LogP contribution in [0, 0.1) is 13.8 Å². The number of methoxy groups -OCH3 is 1. The van der Waals surface area contributed by atoms with Gasteiger partial charge in [0, 0.05) is 5.69 Å². The van der Waals surface area contributed by atoms with E-state index in [1.54, 1.807) is 6.07 Å². The number of nitrogens with one attached hydrogen (secondary N) is 1. The fourth-order valence-corrected chi connectivity index (χ4v) is 2.34. The van der Waals surface area contributed by atoms with Crippen LogP contribution in [0.4, 0.5) is 14.5 Å². The highest BCUT2D eigenvalue weighted by Crippen LogP contribution is 2.29. The third kappa shape index (κ3) is 5.67. The molecule has 2 rings (SSSR count). The highest BCUT2D eigenvalue weighted by Gasteiger charge is 2.16. The van der Waals surface area contributed by atoms with Crippen molar-refractivity contribution < 1.29 is 32.6 Å². The predicted octanol–water partition coefficient (Wildman–Crippen LogP) is 3.71. The number of rotatable bonds is 7. The van der Waals surface area contributed by atoms with Crippen LogP contribution in [0.25, 0.3) is 0 Å². The molecule has 0 aliphatic heterocycles. The second kappa shape index (κ2) is 8.98. The van der Waals surface area contributed by atoms with E-state index in [0.717, 1.165) is 17.2 Å². The van der Waals surface area contributed by atoms with Crippen LogP contribution < -0.4 is 14.8 Å². The van der Waals surface area contributed by atoms with Crippen molar-refractivity contribution in [3.05, 3.63) is 53.1 Å². The minimum absolute atomic E-state index is 0.0350. The topological polar surface area (TPSA) is 73.9 Å². The Bertz CT molecular complexity index is 839. The molecular weight excluding hydrogens is 360 g/mol. The van der Waals surface area contributed by atoms with Crippen molar-refractivity contribution in [3.8, 4) is 11.5 Å². The molecule has 0 saturated carbocycles. The Labute approximate surface area is 155 Å². The Morgan fingerprint density at radius 2 is 1.81 bits per heavy atom. The van der Waals surface area contributed by atoms with E-state index in [9.17, 15) is 18.4 Å². The lowest BCUT2D eigenvalue weighted by atomic mass is 10.1. The zero-order valence-corrected chi connectivity index (χ0v) is 15.0. The van der Waals surface area contributed by atoms with Gasteiger partial charge in [-0.2, -0.15) is 8.78 Å². The largest absolute Gasteiger partial charge is 0.493 e. The second-order valence-electron chi connectivity index (χ2n) is 5.69. The standard InChI is InChI=1S/C19H19F2NO5/c1-11-4-6-14(12(2)8-11)22-17(23)10-26-18(24)13-5-7-15(27-19(20)21)16(9-13)25-3/h4-9,19H,10H2,1-3H3,(H,22,23). The molecular formula is C19H19F2NO5. The molecule has 0 unspecified atom stereocenters. The lowest BCUT2D eigenvalue weighted by Crippen LogP contribution is -2.21. The van der Waals surface area contributed by atoms with Gasteiger partial charge in [0.1, 0.15) is 0 Å². The molecule has 0 radical (unpaired) electrons. The average molecular weight is 379 g/mol. The van der Waals surface area contributed by atoms with Gasteiger partial charge >= 0.3 is 12.6 Å². The average Bonchev–Trinajstić information content (AvgIpc) is 2.62. The Balaban J connectivity index is 1.97. The van der Waals surface area contributed by atoms with Crippen molar-refractivity contribution in [2.75, 3.05) is 19.0 Å². The summed E-state index contributed by atoms with van der Waals surface area (Å²) in [5, 5.41) is 2.65. The number of carbonyl (C=O) groups is 2. The Morgan fingerprint density at radius 3 is 2.44 bits per heavy atom. The van der Waals surface area contributed by atoms with E-state index in [1.165, 1.54) is 19.2 Å². The van der Waals surface area contributed by atoms with E-state index in [-0.39, 0.29) is 17.1 Å². The Morgan fingerprint density at radius 1 is 1.07 bits per heavy atom. The van der Waals surface area contributed by atoms with Crippen molar-refractivity contribution in [2.45, 2.75) is 20.5 Å². The number of hydrogen-bond donors (Lipinski definition) is 1. The zero-order chi connectivity index (χ0) is 20.0. The van der Waals surface area contributed by atoms with Crippen LogP contribution in [0.3, 0.4) is 0 Å². The molecule has 144 valence electrons. The molecule has 0 atom stereocenters. The van der Waals surface area contributed by atoms with E-state index in [4.69, 9.17) is 9.47 Å². The molecule has 0 aliphatic carbocycles.